The number of rotatable bonds is 6. The van der Waals surface area contributed by atoms with E-state index in [-0.39, 0.29) is 17.6 Å². The van der Waals surface area contributed by atoms with Gasteiger partial charge in [-0.1, -0.05) is 18.2 Å². The minimum Gasteiger partial charge on any atom is -0.373 e. The number of hydrogen-bond donors (Lipinski definition) is 4. The number of hydrogen-bond acceptors (Lipinski definition) is 5. The summed E-state index contributed by atoms with van der Waals surface area (Å²) in [5.41, 5.74) is 5.10. The first-order chi connectivity index (χ1) is 14.5. The van der Waals surface area contributed by atoms with E-state index in [9.17, 15) is 9.59 Å². The van der Waals surface area contributed by atoms with Gasteiger partial charge in [-0.25, -0.2) is 4.98 Å². The first-order valence-corrected chi connectivity index (χ1v) is 10.0. The molecule has 2 heterocycles. The van der Waals surface area contributed by atoms with E-state index < -0.39 is 0 Å². The van der Waals surface area contributed by atoms with E-state index >= 15 is 0 Å². The number of anilines is 3. The summed E-state index contributed by atoms with van der Waals surface area (Å²) in [5.74, 6) is 0.828. The molecule has 3 aromatic rings. The smallest absolute Gasteiger partial charge is 0.216 e. The molecule has 0 bridgehead atoms. The predicted molar refractivity (Wildman–Crippen MR) is 118 cm³/mol. The molecule has 0 saturated carbocycles. The molecule has 0 spiro atoms. The van der Waals surface area contributed by atoms with Crippen molar-refractivity contribution >= 4 is 28.9 Å². The number of nitrogens with zero attached hydrogens (tertiary/aromatic N) is 1. The van der Waals surface area contributed by atoms with Crippen molar-refractivity contribution in [3.05, 3.63) is 59.9 Å². The Balaban J connectivity index is 1.77. The van der Waals surface area contributed by atoms with Crippen LogP contribution in [-0.4, -0.2) is 35.3 Å². The number of para-hydroxylation sites is 1. The van der Waals surface area contributed by atoms with Gasteiger partial charge in [-0.3, -0.25) is 9.59 Å². The maximum atomic E-state index is 13.1. The highest BCUT2D eigenvalue weighted by Crippen LogP contribution is 2.40. The van der Waals surface area contributed by atoms with Crippen LogP contribution in [0, 0.1) is 5.92 Å². The third-order valence-electron chi connectivity index (χ3n) is 5.31. The molecule has 0 saturated heterocycles. The number of H-pyrrole nitrogens is 1. The summed E-state index contributed by atoms with van der Waals surface area (Å²) in [5, 5.41) is 9.35. The topological polar surface area (TPSA) is 98.9 Å². The van der Waals surface area contributed by atoms with Crippen molar-refractivity contribution < 1.29 is 9.59 Å². The van der Waals surface area contributed by atoms with Gasteiger partial charge in [0.05, 0.1) is 16.9 Å². The summed E-state index contributed by atoms with van der Waals surface area (Å²) in [7, 11) is 1.82. The molecule has 7 heteroatoms. The molecule has 0 radical (unpaired) electrons. The van der Waals surface area contributed by atoms with E-state index in [4.69, 9.17) is 0 Å². The molecule has 30 heavy (non-hydrogen) atoms. The van der Waals surface area contributed by atoms with Crippen molar-refractivity contribution in [2.75, 3.05) is 24.2 Å². The monoisotopic (exact) mass is 403 g/mol. The quantitative estimate of drug-likeness (QED) is 0.502. The molecule has 1 atom stereocenters. The minimum atomic E-state index is -0.0803. The van der Waals surface area contributed by atoms with Crippen LogP contribution in [0.25, 0.3) is 11.3 Å². The standard InChI is InChI=1S/C23H25N5O2/c1-14(29)26-13-15-10-18-21(19(30)11-15)23(27-17-6-4-3-5-7-17)22(28-18)16-8-9-25-20(12-16)24-2/h3-9,12,15,27-28H,10-11,13H2,1-2H3,(H,24,25)(H,26,29). The average molecular weight is 403 g/mol. The van der Waals surface area contributed by atoms with Crippen molar-refractivity contribution in [2.24, 2.45) is 5.92 Å². The fourth-order valence-electron chi connectivity index (χ4n) is 3.90. The number of Topliss-reactive ketones (excluding diaryl/α,β-unsaturated/α-hetero) is 1. The van der Waals surface area contributed by atoms with E-state index in [1.807, 2.05) is 49.5 Å². The van der Waals surface area contributed by atoms with Gasteiger partial charge in [0.25, 0.3) is 0 Å². The zero-order valence-electron chi connectivity index (χ0n) is 17.1. The van der Waals surface area contributed by atoms with E-state index in [2.05, 4.69) is 25.9 Å². The van der Waals surface area contributed by atoms with Crippen LogP contribution in [0.2, 0.25) is 0 Å². The number of ketones is 1. The van der Waals surface area contributed by atoms with Gasteiger partial charge in [-0.05, 0) is 36.6 Å². The summed E-state index contributed by atoms with van der Waals surface area (Å²) < 4.78 is 0. The molecule has 1 unspecified atom stereocenters. The summed E-state index contributed by atoms with van der Waals surface area (Å²) >= 11 is 0. The van der Waals surface area contributed by atoms with Gasteiger partial charge < -0.3 is 20.9 Å². The number of benzene rings is 1. The number of carbonyl (C=O) groups is 2. The Morgan fingerprint density at radius 1 is 1.20 bits per heavy atom. The Kier molecular flexibility index (Phi) is 5.52. The van der Waals surface area contributed by atoms with Crippen molar-refractivity contribution in [2.45, 2.75) is 19.8 Å². The first kappa shape index (κ1) is 19.7. The number of pyridine rings is 1. The Bertz CT molecular complexity index is 1070. The first-order valence-electron chi connectivity index (χ1n) is 10.0. The number of amides is 1. The normalized spacial score (nSPS) is 15.4. The average Bonchev–Trinajstić information content (AvgIpc) is 3.11. The molecule has 1 aliphatic rings. The van der Waals surface area contributed by atoms with Gasteiger partial charge in [-0.2, -0.15) is 0 Å². The summed E-state index contributed by atoms with van der Waals surface area (Å²) in [6.07, 6.45) is 2.86. The third-order valence-corrected chi connectivity index (χ3v) is 5.31. The van der Waals surface area contributed by atoms with Gasteiger partial charge in [0, 0.05) is 50.1 Å². The molecular formula is C23H25N5O2. The lowest BCUT2D eigenvalue weighted by Gasteiger charge is -2.22. The lowest BCUT2D eigenvalue weighted by molar-refractivity contribution is -0.119. The Hall–Kier alpha value is -3.61. The molecule has 4 rings (SSSR count). The maximum absolute atomic E-state index is 13.1. The third kappa shape index (κ3) is 4.05. The highest BCUT2D eigenvalue weighted by atomic mass is 16.1. The van der Waals surface area contributed by atoms with E-state index in [0.29, 0.717) is 24.9 Å². The Morgan fingerprint density at radius 2 is 2.00 bits per heavy atom. The Morgan fingerprint density at radius 3 is 2.73 bits per heavy atom. The van der Waals surface area contributed by atoms with Crippen LogP contribution < -0.4 is 16.0 Å². The van der Waals surface area contributed by atoms with E-state index in [1.165, 1.54) is 6.92 Å². The molecule has 1 amide bonds. The van der Waals surface area contributed by atoms with Crippen molar-refractivity contribution in [1.82, 2.24) is 15.3 Å². The molecule has 154 valence electrons. The van der Waals surface area contributed by atoms with E-state index in [1.54, 1.807) is 6.20 Å². The molecule has 1 aromatic carbocycles. The van der Waals surface area contributed by atoms with Gasteiger partial charge in [-0.15, -0.1) is 0 Å². The number of aromatic nitrogens is 2. The number of fused-ring (bicyclic) bond motifs is 1. The Labute approximate surface area is 175 Å². The fourth-order valence-corrected chi connectivity index (χ4v) is 3.90. The SMILES string of the molecule is CNc1cc(-c2[nH]c3c(c2Nc2ccccc2)C(=O)CC(CNC(C)=O)C3)ccn1. The largest absolute Gasteiger partial charge is 0.373 e. The van der Waals surface area contributed by atoms with Crippen molar-refractivity contribution in [3.63, 3.8) is 0 Å². The molecule has 0 aliphatic heterocycles. The molecule has 0 fully saturated rings. The lowest BCUT2D eigenvalue weighted by atomic mass is 9.86. The number of nitrogens with one attached hydrogen (secondary N) is 4. The highest BCUT2D eigenvalue weighted by molar-refractivity contribution is 6.07. The van der Waals surface area contributed by atoms with Gasteiger partial charge in [0.15, 0.2) is 5.78 Å². The van der Waals surface area contributed by atoms with E-state index in [0.717, 1.165) is 34.1 Å². The van der Waals surface area contributed by atoms with Crippen molar-refractivity contribution in [3.8, 4) is 11.3 Å². The second-order valence-corrected chi connectivity index (χ2v) is 7.53. The maximum Gasteiger partial charge on any atom is 0.216 e. The van der Waals surface area contributed by atoms with Crippen LogP contribution >= 0.6 is 0 Å². The fraction of sp³-hybridized carbons (Fsp3) is 0.261. The van der Waals surface area contributed by atoms with Gasteiger partial charge in [0.1, 0.15) is 5.82 Å². The molecule has 4 N–H and O–H groups in total. The molecule has 7 nitrogen and oxygen atoms in total. The zero-order valence-corrected chi connectivity index (χ0v) is 17.1. The van der Waals surface area contributed by atoms with Crippen molar-refractivity contribution in [1.29, 1.82) is 0 Å². The van der Waals surface area contributed by atoms with Crippen LogP contribution in [0.5, 0.6) is 0 Å². The molecule has 1 aliphatic carbocycles. The van der Waals surface area contributed by atoms with Gasteiger partial charge >= 0.3 is 0 Å². The van der Waals surface area contributed by atoms with Crippen LogP contribution in [-0.2, 0) is 11.2 Å². The van der Waals surface area contributed by atoms with Crippen LogP contribution in [0.15, 0.2) is 48.7 Å². The van der Waals surface area contributed by atoms with Gasteiger partial charge in [0.2, 0.25) is 5.91 Å². The zero-order chi connectivity index (χ0) is 21.1. The molecular weight excluding hydrogens is 378 g/mol. The lowest BCUT2D eigenvalue weighted by Crippen LogP contribution is -2.32. The number of aromatic amines is 1. The minimum absolute atomic E-state index is 0.0790. The second kappa shape index (κ2) is 8.41. The highest BCUT2D eigenvalue weighted by Gasteiger charge is 2.31. The summed E-state index contributed by atoms with van der Waals surface area (Å²) in [6, 6.07) is 13.7. The summed E-state index contributed by atoms with van der Waals surface area (Å²) in [4.78, 5) is 32.2. The predicted octanol–water partition coefficient (Wildman–Crippen LogP) is 3.74. The summed E-state index contributed by atoms with van der Waals surface area (Å²) in [6.45, 7) is 1.99. The second-order valence-electron chi connectivity index (χ2n) is 7.53. The van der Waals surface area contributed by atoms with Crippen LogP contribution in [0.4, 0.5) is 17.2 Å². The van der Waals surface area contributed by atoms with Crippen LogP contribution in [0.1, 0.15) is 29.4 Å². The van der Waals surface area contributed by atoms with Crippen LogP contribution in [0.3, 0.4) is 0 Å². The number of carbonyl (C=O) groups excluding carboxylic acids is 2. The molecule has 2 aromatic heterocycles.